The van der Waals surface area contributed by atoms with Crippen molar-refractivity contribution >= 4 is 35.0 Å². The highest BCUT2D eigenvalue weighted by molar-refractivity contribution is 8.01. The Balaban J connectivity index is 2.52. The first-order chi connectivity index (χ1) is 5.42. The van der Waals surface area contributed by atoms with Crippen LogP contribution in [0.1, 0.15) is 10.4 Å². The smallest absolute Gasteiger partial charge is 0.151 e. The lowest BCUT2D eigenvalue weighted by Crippen LogP contribution is -1.91. The van der Waals surface area contributed by atoms with Crippen LogP contribution in [0.15, 0.2) is 16.9 Å². The van der Waals surface area contributed by atoms with Crippen LogP contribution in [0.25, 0.3) is 5.57 Å². The number of rotatable bonds is 1. The van der Waals surface area contributed by atoms with Gasteiger partial charge in [-0.3, -0.25) is 4.79 Å². The van der Waals surface area contributed by atoms with Crippen molar-refractivity contribution in [3.63, 3.8) is 0 Å². The zero-order valence-electron chi connectivity index (χ0n) is 5.74. The molecule has 2 rings (SSSR count). The lowest BCUT2D eigenvalue weighted by Gasteiger charge is -2.06. The average Bonchev–Trinajstić information content (AvgIpc) is 2.50. The third kappa shape index (κ3) is 1.14. The van der Waals surface area contributed by atoms with Crippen molar-refractivity contribution in [1.82, 2.24) is 0 Å². The van der Waals surface area contributed by atoms with Gasteiger partial charge in [0.2, 0.25) is 0 Å². The van der Waals surface area contributed by atoms with Crippen LogP contribution >= 0.6 is 23.1 Å². The maximum atomic E-state index is 10.5. The molecular weight excluding hydrogens is 176 g/mol. The fourth-order valence-corrected chi connectivity index (χ4v) is 2.98. The van der Waals surface area contributed by atoms with E-state index in [1.807, 2.05) is 16.9 Å². The van der Waals surface area contributed by atoms with E-state index >= 15 is 0 Å². The molecule has 1 aromatic heterocycles. The van der Waals surface area contributed by atoms with Gasteiger partial charge in [-0.05, 0) is 16.9 Å². The van der Waals surface area contributed by atoms with Crippen molar-refractivity contribution in [3.8, 4) is 0 Å². The second-order valence-corrected chi connectivity index (χ2v) is 4.12. The summed E-state index contributed by atoms with van der Waals surface area (Å²) in [6.45, 7) is 0. The first kappa shape index (κ1) is 7.13. The van der Waals surface area contributed by atoms with E-state index < -0.39 is 0 Å². The molecule has 0 N–H and O–H groups in total. The van der Waals surface area contributed by atoms with Crippen LogP contribution in [0.2, 0.25) is 0 Å². The van der Waals surface area contributed by atoms with Crippen molar-refractivity contribution < 1.29 is 4.79 Å². The second-order valence-electron chi connectivity index (χ2n) is 2.26. The first-order valence-electron chi connectivity index (χ1n) is 3.25. The maximum absolute atomic E-state index is 10.5. The summed E-state index contributed by atoms with van der Waals surface area (Å²) in [5, 5.41) is 3.97. The quantitative estimate of drug-likeness (QED) is 0.621. The molecule has 56 valence electrons. The fraction of sp³-hybridized carbons (Fsp3) is 0.125. The molecule has 0 spiro atoms. The highest BCUT2D eigenvalue weighted by Gasteiger charge is 2.12. The molecule has 0 amide bonds. The minimum Gasteiger partial charge on any atom is -0.298 e. The highest BCUT2D eigenvalue weighted by atomic mass is 32.2. The summed E-state index contributed by atoms with van der Waals surface area (Å²) in [7, 11) is 0. The normalized spacial score (nSPS) is 15.5. The predicted molar refractivity (Wildman–Crippen MR) is 49.7 cm³/mol. The Morgan fingerprint density at radius 3 is 3.27 bits per heavy atom. The van der Waals surface area contributed by atoms with Gasteiger partial charge < -0.3 is 0 Å². The number of allylic oxidation sites excluding steroid dienone is 1. The Bertz CT molecular complexity index is 312. The SMILES string of the molecule is O=CC1=CSCc2sccc21. The summed E-state index contributed by atoms with van der Waals surface area (Å²) < 4.78 is 0. The van der Waals surface area contributed by atoms with Crippen LogP contribution in [-0.4, -0.2) is 6.29 Å². The van der Waals surface area contributed by atoms with Gasteiger partial charge >= 0.3 is 0 Å². The molecule has 0 atom stereocenters. The Kier molecular flexibility index (Phi) is 1.84. The Hall–Kier alpha value is -0.540. The van der Waals surface area contributed by atoms with Crippen molar-refractivity contribution in [1.29, 1.82) is 0 Å². The minimum absolute atomic E-state index is 0.831. The van der Waals surface area contributed by atoms with E-state index in [1.54, 1.807) is 23.1 Å². The fourth-order valence-electron chi connectivity index (χ4n) is 1.07. The maximum Gasteiger partial charge on any atom is 0.151 e. The van der Waals surface area contributed by atoms with Gasteiger partial charge in [0, 0.05) is 21.8 Å². The molecule has 2 heterocycles. The van der Waals surface area contributed by atoms with Gasteiger partial charge in [-0.1, -0.05) is 0 Å². The van der Waals surface area contributed by atoms with E-state index in [9.17, 15) is 4.79 Å². The first-order valence-corrected chi connectivity index (χ1v) is 5.18. The summed E-state index contributed by atoms with van der Waals surface area (Å²) in [5.41, 5.74) is 1.96. The van der Waals surface area contributed by atoms with Crippen LogP contribution < -0.4 is 0 Å². The third-order valence-electron chi connectivity index (χ3n) is 1.61. The van der Waals surface area contributed by atoms with Gasteiger partial charge in [-0.15, -0.1) is 23.1 Å². The Morgan fingerprint density at radius 2 is 2.45 bits per heavy atom. The topological polar surface area (TPSA) is 17.1 Å². The molecule has 0 radical (unpaired) electrons. The summed E-state index contributed by atoms with van der Waals surface area (Å²) >= 11 is 3.42. The van der Waals surface area contributed by atoms with Gasteiger partial charge in [-0.25, -0.2) is 0 Å². The summed E-state index contributed by atoms with van der Waals surface area (Å²) in [6.07, 6.45) is 0.928. The molecule has 11 heavy (non-hydrogen) atoms. The number of thiophene rings is 1. The number of fused-ring (bicyclic) bond motifs is 1. The zero-order valence-corrected chi connectivity index (χ0v) is 7.37. The van der Waals surface area contributed by atoms with Gasteiger partial charge in [0.1, 0.15) is 0 Å². The van der Waals surface area contributed by atoms with E-state index in [2.05, 4.69) is 0 Å². The molecule has 1 nitrogen and oxygen atoms in total. The van der Waals surface area contributed by atoms with Gasteiger partial charge in [-0.2, -0.15) is 0 Å². The van der Waals surface area contributed by atoms with E-state index in [1.165, 1.54) is 4.88 Å². The number of carbonyl (C=O) groups is 1. The van der Waals surface area contributed by atoms with Gasteiger partial charge in [0.05, 0.1) is 0 Å². The number of hydrogen-bond donors (Lipinski definition) is 0. The Morgan fingerprint density at radius 1 is 1.55 bits per heavy atom. The monoisotopic (exact) mass is 182 g/mol. The molecule has 0 aromatic carbocycles. The molecule has 1 aliphatic heterocycles. The van der Waals surface area contributed by atoms with Gasteiger partial charge in [0.15, 0.2) is 6.29 Å². The van der Waals surface area contributed by atoms with Crippen molar-refractivity contribution in [3.05, 3.63) is 27.3 Å². The Labute approximate surface area is 73.1 Å². The number of hydrogen-bond acceptors (Lipinski definition) is 3. The van der Waals surface area contributed by atoms with Crippen molar-refractivity contribution in [2.24, 2.45) is 0 Å². The molecule has 0 unspecified atom stereocenters. The van der Waals surface area contributed by atoms with E-state index in [4.69, 9.17) is 0 Å². The number of thioether (sulfide) groups is 1. The summed E-state index contributed by atoms with van der Waals surface area (Å²) in [5.74, 6) is 1.02. The molecule has 3 heteroatoms. The molecule has 0 fully saturated rings. The lowest BCUT2D eigenvalue weighted by atomic mass is 10.1. The largest absolute Gasteiger partial charge is 0.298 e. The molecule has 1 aliphatic rings. The predicted octanol–water partition coefficient (Wildman–Crippen LogP) is 2.53. The minimum atomic E-state index is 0.831. The van der Waals surface area contributed by atoms with Gasteiger partial charge in [0.25, 0.3) is 0 Å². The molecule has 0 aliphatic carbocycles. The van der Waals surface area contributed by atoms with Crippen molar-refractivity contribution in [2.45, 2.75) is 5.75 Å². The van der Waals surface area contributed by atoms with E-state index in [0.29, 0.717) is 0 Å². The number of aldehydes is 1. The average molecular weight is 182 g/mol. The molecular formula is C8H6OS2. The zero-order chi connectivity index (χ0) is 7.68. The van der Waals surface area contributed by atoms with E-state index in [-0.39, 0.29) is 0 Å². The summed E-state index contributed by atoms with van der Waals surface area (Å²) in [4.78, 5) is 11.9. The van der Waals surface area contributed by atoms with E-state index in [0.717, 1.165) is 23.2 Å². The van der Waals surface area contributed by atoms with Crippen LogP contribution in [0.3, 0.4) is 0 Å². The summed E-state index contributed by atoms with van der Waals surface area (Å²) in [6, 6.07) is 2.01. The third-order valence-corrected chi connectivity index (χ3v) is 3.59. The molecule has 0 bridgehead atoms. The van der Waals surface area contributed by atoms with Crippen LogP contribution in [0, 0.1) is 0 Å². The lowest BCUT2D eigenvalue weighted by molar-refractivity contribution is -0.103. The van der Waals surface area contributed by atoms with Crippen LogP contribution in [-0.2, 0) is 10.5 Å². The standard InChI is InChI=1S/C8H6OS2/c9-3-6-4-10-5-8-7(6)1-2-11-8/h1-4H,5H2. The molecule has 1 aromatic rings. The number of carbonyl (C=O) groups excluding carboxylic acids is 1. The van der Waals surface area contributed by atoms with Crippen LogP contribution in [0.4, 0.5) is 0 Å². The highest BCUT2D eigenvalue weighted by Crippen LogP contribution is 2.33. The second kappa shape index (κ2) is 2.83. The molecule has 0 saturated heterocycles. The van der Waals surface area contributed by atoms with Crippen molar-refractivity contribution in [2.75, 3.05) is 0 Å². The van der Waals surface area contributed by atoms with Crippen LogP contribution in [0.5, 0.6) is 0 Å². The molecule has 0 saturated carbocycles.